The van der Waals surface area contributed by atoms with Gasteiger partial charge in [0.2, 0.25) is 0 Å². The van der Waals surface area contributed by atoms with Crippen LogP contribution in [0.4, 0.5) is 5.69 Å². The van der Waals surface area contributed by atoms with Crippen molar-refractivity contribution in [3.8, 4) is 17.2 Å². The number of hydrogen-bond acceptors (Lipinski definition) is 5. The molecule has 0 aliphatic carbocycles. The molecule has 2 aromatic carbocycles. The van der Waals surface area contributed by atoms with Crippen LogP contribution in [-0.4, -0.2) is 12.0 Å². The zero-order valence-electron chi connectivity index (χ0n) is 11.8. The molecule has 0 heterocycles. The summed E-state index contributed by atoms with van der Waals surface area (Å²) in [6.45, 7) is 2.35. The van der Waals surface area contributed by atoms with Crippen molar-refractivity contribution in [2.24, 2.45) is 5.73 Å². The predicted octanol–water partition coefficient (Wildman–Crippen LogP) is 3.16. The number of methoxy groups -OCH3 is 1. The number of nitrogens with zero attached hydrogens (tertiary/aromatic N) is 1. The Balaban J connectivity index is 2.31. The minimum atomic E-state index is -0.504. The van der Waals surface area contributed by atoms with Gasteiger partial charge in [-0.05, 0) is 36.2 Å². The second-order valence-electron chi connectivity index (χ2n) is 4.50. The van der Waals surface area contributed by atoms with Crippen molar-refractivity contribution in [3.05, 3.63) is 57.6 Å². The number of benzene rings is 2. The van der Waals surface area contributed by atoms with E-state index >= 15 is 0 Å². The molecule has 2 N–H and O–H groups in total. The monoisotopic (exact) mass is 288 g/mol. The maximum Gasteiger partial charge on any atom is 0.314 e. The molecule has 2 aromatic rings. The zero-order valence-corrected chi connectivity index (χ0v) is 11.8. The first kappa shape index (κ1) is 14.8. The van der Waals surface area contributed by atoms with Gasteiger partial charge in [-0.1, -0.05) is 12.1 Å². The third-order valence-corrected chi connectivity index (χ3v) is 3.05. The SMILES string of the molecule is COc1ccc(Oc2ccc(CN)cc2C)cc1[N+](=O)[O-]. The summed E-state index contributed by atoms with van der Waals surface area (Å²) < 4.78 is 10.7. The molecule has 0 atom stereocenters. The third-order valence-electron chi connectivity index (χ3n) is 3.05. The minimum Gasteiger partial charge on any atom is -0.490 e. The number of hydrogen-bond donors (Lipinski definition) is 1. The van der Waals surface area contributed by atoms with Gasteiger partial charge in [0.05, 0.1) is 18.1 Å². The highest BCUT2D eigenvalue weighted by molar-refractivity contribution is 5.52. The number of nitrogens with two attached hydrogens (primary N) is 1. The Kier molecular flexibility index (Phi) is 4.39. The van der Waals surface area contributed by atoms with Crippen LogP contribution in [0.5, 0.6) is 17.2 Å². The third kappa shape index (κ3) is 3.29. The fraction of sp³-hybridized carbons (Fsp3) is 0.200. The first-order chi connectivity index (χ1) is 10.0. The van der Waals surface area contributed by atoms with E-state index < -0.39 is 4.92 Å². The van der Waals surface area contributed by atoms with Crippen LogP contribution < -0.4 is 15.2 Å². The molecule has 0 spiro atoms. The van der Waals surface area contributed by atoms with E-state index in [1.54, 1.807) is 12.1 Å². The van der Waals surface area contributed by atoms with Crippen LogP contribution in [0.15, 0.2) is 36.4 Å². The van der Waals surface area contributed by atoms with Gasteiger partial charge in [0.25, 0.3) is 0 Å². The summed E-state index contributed by atoms with van der Waals surface area (Å²) in [7, 11) is 1.39. The van der Waals surface area contributed by atoms with Gasteiger partial charge in [0.15, 0.2) is 5.75 Å². The average molecular weight is 288 g/mol. The molecular weight excluding hydrogens is 272 g/mol. The van der Waals surface area contributed by atoms with E-state index in [0.717, 1.165) is 11.1 Å². The normalized spacial score (nSPS) is 10.2. The first-order valence-corrected chi connectivity index (χ1v) is 6.35. The van der Waals surface area contributed by atoms with Crippen molar-refractivity contribution in [2.75, 3.05) is 7.11 Å². The van der Waals surface area contributed by atoms with Crippen LogP contribution in [0.1, 0.15) is 11.1 Å². The summed E-state index contributed by atoms with van der Waals surface area (Å²) in [5, 5.41) is 11.0. The van der Waals surface area contributed by atoms with Gasteiger partial charge in [-0.25, -0.2) is 0 Å². The average Bonchev–Trinajstić information content (AvgIpc) is 2.49. The molecule has 110 valence electrons. The molecule has 0 aliphatic rings. The molecule has 0 amide bonds. The van der Waals surface area contributed by atoms with Crippen molar-refractivity contribution in [1.82, 2.24) is 0 Å². The van der Waals surface area contributed by atoms with Gasteiger partial charge in [0, 0.05) is 6.54 Å². The summed E-state index contributed by atoms with van der Waals surface area (Å²) in [4.78, 5) is 10.5. The van der Waals surface area contributed by atoms with E-state index in [4.69, 9.17) is 15.2 Å². The van der Waals surface area contributed by atoms with Crippen molar-refractivity contribution >= 4 is 5.69 Å². The lowest BCUT2D eigenvalue weighted by Gasteiger charge is -2.10. The van der Waals surface area contributed by atoms with Crippen molar-refractivity contribution in [3.63, 3.8) is 0 Å². The van der Waals surface area contributed by atoms with E-state index in [1.807, 2.05) is 19.1 Å². The zero-order chi connectivity index (χ0) is 15.4. The van der Waals surface area contributed by atoms with Crippen LogP contribution >= 0.6 is 0 Å². The van der Waals surface area contributed by atoms with E-state index in [0.29, 0.717) is 18.0 Å². The Hall–Kier alpha value is -2.60. The van der Waals surface area contributed by atoms with Crippen molar-refractivity contribution in [1.29, 1.82) is 0 Å². The smallest absolute Gasteiger partial charge is 0.314 e. The lowest BCUT2D eigenvalue weighted by Crippen LogP contribution is -1.98. The Morgan fingerprint density at radius 2 is 1.90 bits per heavy atom. The molecule has 21 heavy (non-hydrogen) atoms. The lowest BCUT2D eigenvalue weighted by molar-refractivity contribution is -0.385. The summed E-state index contributed by atoms with van der Waals surface area (Å²) in [5.74, 6) is 1.21. The predicted molar refractivity (Wildman–Crippen MR) is 78.8 cm³/mol. The molecule has 0 unspecified atom stereocenters. The minimum absolute atomic E-state index is 0.133. The summed E-state index contributed by atoms with van der Waals surface area (Å²) in [6, 6.07) is 10.1. The van der Waals surface area contributed by atoms with Crippen LogP contribution in [0.2, 0.25) is 0 Å². The molecule has 0 saturated carbocycles. The number of nitro groups is 1. The lowest BCUT2D eigenvalue weighted by atomic mass is 10.1. The largest absolute Gasteiger partial charge is 0.490 e. The van der Waals surface area contributed by atoms with E-state index in [1.165, 1.54) is 19.2 Å². The molecule has 0 saturated heterocycles. The van der Waals surface area contributed by atoms with Gasteiger partial charge in [-0.2, -0.15) is 0 Å². The number of rotatable bonds is 5. The number of aryl methyl sites for hydroxylation is 1. The summed E-state index contributed by atoms with van der Waals surface area (Å²) >= 11 is 0. The van der Waals surface area contributed by atoms with E-state index in [2.05, 4.69) is 0 Å². The van der Waals surface area contributed by atoms with Gasteiger partial charge in [-0.3, -0.25) is 10.1 Å². The summed E-state index contributed by atoms with van der Waals surface area (Å²) in [5.41, 5.74) is 7.36. The quantitative estimate of drug-likeness (QED) is 0.674. The summed E-state index contributed by atoms with van der Waals surface area (Å²) in [6.07, 6.45) is 0. The topological polar surface area (TPSA) is 87.6 Å². The van der Waals surface area contributed by atoms with Crippen LogP contribution in [0.25, 0.3) is 0 Å². The Morgan fingerprint density at radius 3 is 2.48 bits per heavy atom. The standard InChI is InChI=1S/C15H16N2O4/c1-10-7-11(9-16)3-5-14(10)21-12-4-6-15(20-2)13(8-12)17(18)19/h3-8H,9,16H2,1-2H3. The van der Waals surface area contributed by atoms with Gasteiger partial charge in [0.1, 0.15) is 11.5 Å². The second kappa shape index (κ2) is 6.23. The molecule has 6 heteroatoms. The molecule has 6 nitrogen and oxygen atoms in total. The molecule has 0 fully saturated rings. The van der Waals surface area contributed by atoms with Gasteiger partial charge < -0.3 is 15.2 Å². The molecule has 0 aliphatic heterocycles. The van der Waals surface area contributed by atoms with Gasteiger partial charge >= 0.3 is 5.69 Å². The van der Waals surface area contributed by atoms with E-state index in [9.17, 15) is 10.1 Å². The molecule has 0 bridgehead atoms. The fourth-order valence-corrected chi connectivity index (χ4v) is 1.96. The molecule has 2 rings (SSSR count). The number of ether oxygens (including phenoxy) is 2. The van der Waals surface area contributed by atoms with Crippen LogP contribution in [0, 0.1) is 17.0 Å². The maximum atomic E-state index is 11.0. The maximum absolute atomic E-state index is 11.0. The molecular formula is C15H16N2O4. The Bertz CT molecular complexity index is 671. The Labute approximate surface area is 122 Å². The highest BCUT2D eigenvalue weighted by atomic mass is 16.6. The van der Waals surface area contributed by atoms with Crippen LogP contribution in [-0.2, 0) is 6.54 Å². The Morgan fingerprint density at radius 1 is 1.19 bits per heavy atom. The molecule has 0 radical (unpaired) electrons. The van der Waals surface area contributed by atoms with Crippen molar-refractivity contribution in [2.45, 2.75) is 13.5 Å². The highest BCUT2D eigenvalue weighted by Gasteiger charge is 2.16. The second-order valence-corrected chi connectivity index (χ2v) is 4.50. The number of nitro benzene ring substituents is 1. The highest BCUT2D eigenvalue weighted by Crippen LogP contribution is 2.33. The van der Waals surface area contributed by atoms with Crippen molar-refractivity contribution < 1.29 is 14.4 Å². The fourth-order valence-electron chi connectivity index (χ4n) is 1.96. The molecule has 0 aromatic heterocycles. The van der Waals surface area contributed by atoms with Crippen LogP contribution in [0.3, 0.4) is 0 Å². The first-order valence-electron chi connectivity index (χ1n) is 6.35. The van der Waals surface area contributed by atoms with E-state index in [-0.39, 0.29) is 11.4 Å². The van der Waals surface area contributed by atoms with Gasteiger partial charge in [-0.15, -0.1) is 0 Å².